The van der Waals surface area contributed by atoms with Gasteiger partial charge in [-0.15, -0.1) is 0 Å². The average Bonchev–Trinajstić information content (AvgIpc) is 2.33. The highest BCUT2D eigenvalue weighted by Gasteiger charge is 2.36. The Kier molecular flexibility index (Phi) is 4.23. The van der Waals surface area contributed by atoms with E-state index in [1.165, 1.54) is 6.42 Å². The molecule has 1 amide bonds. The molecule has 0 aromatic heterocycles. The molecule has 2 unspecified atom stereocenters. The minimum absolute atomic E-state index is 0.0920. The Labute approximate surface area is 106 Å². The van der Waals surface area contributed by atoms with Crippen molar-refractivity contribution in [1.29, 1.82) is 0 Å². The van der Waals surface area contributed by atoms with Crippen molar-refractivity contribution in [2.75, 3.05) is 6.54 Å². The molecule has 3 nitrogen and oxygen atoms in total. The molecule has 1 rings (SSSR count). The molecule has 1 aliphatic rings. The first-order chi connectivity index (χ1) is 7.59. The summed E-state index contributed by atoms with van der Waals surface area (Å²) in [5.41, 5.74) is 0.275. The molecular weight excluding hydrogens is 212 g/mol. The summed E-state index contributed by atoms with van der Waals surface area (Å²) in [7, 11) is 0. The van der Waals surface area contributed by atoms with Crippen LogP contribution in [0.4, 0.5) is 0 Å². The minimum atomic E-state index is -0.140. The van der Waals surface area contributed by atoms with Crippen molar-refractivity contribution in [1.82, 2.24) is 10.6 Å². The number of carbonyl (C=O) groups excluding carboxylic acids is 1. The molecule has 17 heavy (non-hydrogen) atoms. The van der Waals surface area contributed by atoms with Crippen molar-refractivity contribution in [3.05, 3.63) is 0 Å². The third-order valence-electron chi connectivity index (χ3n) is 3.37. The second-order valence-corrected chi connectivity index (χ2v) is 7.34. The van der Waals surface area contributed by atoms with Gasteiger partial charge >= 0.3 is 0 Å². The minimum Gasteiger partial charge on any atom is -0.350 e. The maximum Gasteiger partial charge on any atom is 0.234 e. The molecule has 0 bridgehead atoms. The lowest BCUT2D eigenvalue weighted by Crippen LogP contribution is -2.47. The molecular formula is C14H28N2O. The third kappa shape index (κ3) is 5.07. The second kappa shape index (κ2) is 4.97. The Balaban J connectivity index is 2.34. The van der Waals surface area contributed by atoms with E-state index in [2.05, 4.69) is 31.4 Å². The molecule has 3 heteroatoms. The number of hydrogen-bond donors (Lipinski definition) is 2. The lowest BCUT2D eigenvalue weighted by Gasteiger charge is -2.23. The first-order valence-electron chi connectivity index (χ1n) is 6.63. The summed E-state index contributed by atoms with van der Waals surface area (Å²) in [5, 5.41) is 6.37. The van der Waals surface area contributed by atoms with Crippen LogP contribution in [0.15, 0.2) is 0 Å². The smallest absolute Gasteiger partial charge is 0.234 e. The van der Waals surface area contributed by atoms with Gasteiger partial charge in [-0.05, 0) is 44.9 Å². The van der Waals surface area contributed by atoms with Gasteiger partial charge in [0.2, 0.25) is 5.91 Å². The standard InChI is InChI=1S/C14H28N2O/c1-10-7-14(5,6)8-11(10)15-9-12(17)16-13(2,3)4/h10-11,15H,7-9H2,1-6H3,(H,16,17). The molecule has 100 valence electrons. The quantitative estimate of drug-likeness (QED) is 0.795. The maximum absolute atomic E-state index is 11.7. The van der Waals surface area contributed by atoms with Crippen LogP contribution in [0.25, 0.3) is 0 Å². The highest BCUT2D eigenvalue weighted by Crippen LogP contribution is 2.40. The molecule has 0 saturated heterocycles. The zero-order chi connectivity index (χ0) is 13.3. The zero-order valence-corrected chi connectivity index (χ0v) is 12.2. The molecule has 0 spiro atoms. The average molecular weight is 240 g/mol. The topological polar surface area (TPSA) is 41.1 Å². The number of nitrogens with one attached hydrogen (secondary N) is 2. The van der Waals surface area contributed by atoms with E-state index in [-0.39, 0.29) is 11.4 Å². The van der Waals surface area contributed by atoms with Gasteiger partial charge in [-0.25, -0.2) is 0 Å². The van der Waals surface area contributed by atoms with Gasteiger partial charge in [-0.2, -0.15) is 0 Å². The number of hydrogen-bond acceptors (Lipinski definition) is 2. The molecule has 0 radical (unpaired) electrons. The van der Waals surface area contributed by atoms with Gasteiger partial charge in [0.1, 0.15) is 0 Å². The van der Waals surface area contributed by atoms with Crippen LogP contribution in [-0.4, -0.2) is 24.0 Å². The Hall–Kier alpha value is -0.570. The summed E-state index contributed by atoms with van der Waals surface area (Å²) in [6, 6.07) is 0.482. The van der Waals surface area contributed by atoms with Gasteiger partial charge in [0.15, 0.2) is 0 Å². The molecule has 0 heterocycles. The molecule has 1 saturated carbocycles. The fourth-order valence-corrected chi connectivity index (χ4v) is 2.85. The van der Waals surface area contributed by atoms with Crippen LogP contribution in [0.2, 0.25) is 0 Å². The van der Waals surface area contributed by atoms with Gasteiger partial charge in [0.05, 0.1) is 6.54 Å². The summed E-state index contributed by atoms with van der Waals surface area (Å²) in [6.45, 7) is 13.3. The van der Waals surface area contributed by atoms with Crippen molar-refractivity contribution in [3.8, 4) is 0 Å². The van der Waals surface area contributed by atoms with Crippen LogP contribution in [0.1, 0.15) is 54.4 Å². The number of amides is 1. The summed E-state index contributed by atoms with van der Waals surface area (Å²) >= 11 is 0. The molecule has 0 aromatic rings. The zero-order valence-electron chi connectivity index (χ0n) is 12.2. The third-order valence-corrected chi connectivity index (χ3v) is 3.37. The van der Waals surface area contributed by atoms with Crippen LogP contribution in [0.3, 0.4) is 0 Å². The van der Waals surface area contributed by atoms with Crippen molar-refractivity contribution in [2.24, 2.45) is 11.3 Å². The van der Waals surface area contributed by atoms with Crippen LogP contribution in [0.5, 0.6) is 0 Å². The predicted molar refractivity (Wildman–Crippen MR) is 71.9 cm³/mol. The Morgan fingerprint density at radius 1 is 1.29 bits per heavy atom. The van der Waals surface area contributed by atoms with E-state index in [4.69, 9.17) is 0 Å². The van der Waals surface area contributed by atoms with Crippen molar-refractivity contribution >= 4 is 5.91 Å². The van der Waals surface area contributed by atoms with Gasteiger partial charge in [-0.3, -0.25) is 4.79 Å². The van der Waals surface area contributed by atoms with E-state index in [0.29, 0.717) is 23.9 Å². The predicted octanol–water partition coefficient (Wildman–Crippen LogP) is 2.32. The maximum atomic E-state index is 11.7. The molecule has 1 fully saturated rings. The number of carbonyl (C=O) groups is 1. The van der Waals surface area contributed by atoms with E-state index >= 15 is 0 Å². The molecule has 2 N–H and O–H groups in total. The van der Waals surface area contributed by atoms with Gasteiger partial charge in [0, 0.05) is 11.6 Å². The van der Waals surface area contributed by atoms with Crippen LogP contribution < -0.4 is 10.6 Å². The Morgan fingerprint density at radius 3 is 2.29 bits per heavy atom. The van der Waals surface area contributed by atoms with Gasteiger partial charge in [0.25, 0.3) is 0 Å². The highest BCUT2D eigenvalue weighted by molar-refractivity contribution is 5.78. The van der Waals surface area contributed by atoms with E-state index in [1.54, 1.807) is 0 Å². The summed E-state index contributed by atoms with van der Waals surface area (Å²) in [4.78, 5) is 11.7. The molecule has 1 aliphatic carbocycles. The molecule has 0 aromatic carbocycles. The van der Waals surface area contributed by atoms with Crippen molar-refractivity contribution < 1.29 is 4.79 Å². The fraction of sp³-hybridized carbons (Fsp3) is 0.929. The largest absolute Gasteiger partial charge is 0.350 e. The van der Waals surface area contributed by atoms with E-state index in [9.17, 15) is 4.79 Å². The van der Waals surface area contributed by atoms with E-state index in [1.807, 2.05) is 20.8 Å². The normalized spacial score (nSPS) is 28.1. The van der Waals surface area contributed by atoms with Gasteiger partial charge in [-0.1, -0.05) is 20.8 Å². The Bertz CT molecular complexity index is 278. The lowest BCUT2D eigenvalue weighted by atomic mass is 9.91. The van der Waals surface area contributed by atoms with Crippen LogP contribution in [-0.2, 0) is 4.79 Å². The summed E-state index contributed by atoms with van der Waals surface area (Å²) in [5.74, 6) is 0.752. The van der Waals surface area contributed by atoms with Crippen LogP contribution in [0, 0.1) is 11.3 Å². The van der Waals surface area contributed by atoms with Crippen molar-refractivity contribution in [2.45, 2.75) is 66.0 Å². The van der Waals surface area contributed by atoms with Crippen molar-refractivity contribution in [3.63, 3.8) is 0 Å². The highest BCUT2D eigenvalue weighted by atomic mass is 16.2. The molecule has 2 atom stereocenters. The van der Waals surface area contributed by atoms with E-state index < -0.39 is 0 Å². The monoisotopic (exact) mass is 240 g/mol. The lowest BCUT2D eigenvalue weighted by molar-refractivity contribution is -0.121. The first-order valence-corrected chi connectivity index (χ1v) is 6.63. The second-order valence-electron chi connectivity index (χ2n) is 7.34. The van der Waals surface area contributed by atoms with Crippen LogP contribution >= 0.6 is 0 Å². The van der Waals surface area contributed by atoms with E-state index in [0.717, 1.165) is 6.42 Å². The fourth-order valence-electron chi connectivity index (χ4n) is 2.85. The molecule has 0 aliphatic heterocycles. The first kappa shape index (κ1) is 14.5. The summed E-state index contributed by atoms with van der Waals surface area (Å²) < 4.78 is 0. The number of rotatable bonds is 3. The summed E-state index contributed by atoms with van der Waals surface area (Å²) in [6.07, 6.45) is 2.41. The SMILES string of the molecule is CC1CC(C)(C)CC1NCC(=O)NC(C)(C)C. The van der Waals surface area contributed by atoms with Gasteiger partial charge < -0.3 is 10.6 Å². The Morgan fingerprint density at radius 2 is 1.88 bits per heavy atom.